The highest BCUT2D eigenvalue weighted by Gasteiger charge is 2.53. The van der Waals surface area contributed by atoms with Gasteiger partial charge in [0.25, 0.3) is 5.91 Å². The quantitative estimate of drug-likeness (QED) is 0.840. The summed E-state index contributed by atoms with van der Waals surface area (Å²) in [6.45, 7) is 0. The molecule has 0 unspecified atom stereocenters. The van der Waals surface area contributed by atoms with Crippen molar-refractivity contribution in [3.8, 4) is 6.07 Å². The van der Waals surface area contributed by atoms with Gasteiger partial charge in [-0.25, -0.2) is 0 Å². The van der Waals surface area contributed by atoms with Crippen molar-refractivity contribution in [2.45, 2.75) is 0 Å². The fourth-order valence-electron chi connectivity index (χ4n) is 1.79. The molecule has 4 heteroatoms. The predicted molar refractivity (Wildman–Crippen MR) is 68.9 cm³/mol. The van der Waals surface area contributed by atoms with Gasteiger partial charge in [-0.05, 0) is 29.3 Å². The van der Waals surface area contributed by atoms with E-state index < -0.39 is 5.41 Å². The van der Waals surface area contributed by atoms with Crippen molar-refractivity contribution < 1.29 is 4.79 Å². The van der Waals surface area contributed by atoms with E-state index in [4.69, 9.17) is 0 Å². The van der Waals surface area contributed by atoms with Crippen LogP contribution in [0.1, 0.15) is 5.56 Å². The molecule has 0 saturated heterocycles. The third-order valence-corrected chi connectivity index (χ3v) is 3.31. The Morgan fingerprint density at radius 3 is 2.41 bits per heavy atom. The van der Waals surface area contributed by atoms with E-state index >= 15 is 0 Å². The lowest BCUT2D eigenvalue weighted by molar-refractivity contribution is -0.131. The SMILES string of the molecule is CN(C)C(=O)[C@]1(C#N)C=C1c1ccc(Br)cc1. The highest BCUT2D eigenvalue weighted by Crippen LogP contribution is 2.51. The van der Waals surface area contributed by atoms with Crippen LogP contribution in [0.25, 0.3) is 5.57 Å². The third kappa shape index (κ3) is 1.87. The van der Waals surface area contributed by atoms with Crippen LogP contribution in [-0.4, -0.2) is 24.9 Å². The van der Waals surface area contributed by atoms with E-state index in [2.05, 4.69) is 22.0 Å². The molecule has 0 N–H and O–H groups in total. The Labute approximate surface area is 108 Å². The maximum absolute atomic E-state index is 12.0. The van der Waals surface area contributed by atoms with Crippen molar-refractivity contribution in [3.63, 3.8) is 0 Å². The predicted octanol–water partition coefficient (Wildman–Crippen LogP) is 2.44. The normalized spacial score (nSPS) is 21.4. The zero-order valence-electron chi connectivity index (χ0n) is 9.57. The molecule has 0 spiro atoms. The first-order valence-electron chi connectivity index (χ1n) is 5.13. The zero-order valence-corrected chi connectivity index (χ0v) is 11.2. The summed E-state index contributed by atoms with van der Waals surface area (Å²) in [4.78, 5) is 13.4. The summed E-state index contributed by atoms with van der Waals surface area (Å²) in [5.41, 5.74) is 0.674. The summed E-state index contributed by atoms with van der Waals surface area (Å²) in [7, 11) is 3.32. The molecule has 3 nitrogen and oxygen atoms in total. The smallest absolute Gasteiger partial charge is 0.251 e. The maximum Gasteiger partial charge on any atom is 0.251 e. The maximum atomic E-state index is 12.0. The largest absolute Gasteiger partial charge is 0.347 e. The molecule has 0 saturated carbocycles. The minimum Gasteiger partial charge on any atom is -0.347 e. The van der Waals surface area contributed by atoms with E-state index in [1.165, 1.54) is 4.90 Å². The molecule has 1 aromatic rings. The van der Waals surface area contributed by atoms with Crippen LogP contribution in [0.3, 0.4) is 0 Å². The molecule has 0 aliphatic heterocycles. The first kappa shape index (κ1) is 11.9. The average Bonchev–Trinajstić information content (AvgIpc) is 3.05. The van der Waals surface area contributed by atoms with E-state index in [0.717, 1.165) is 15.6 Å². The molecule has 0 bridgehead atoms. The monoisotopic (exact) mass is 290 g/mol. The molecule has 0 aromatic heterocycles. The van der Waals surface area contributed by atoms with E-state index in [1.807, 2.05) is 24.3 Å². The summed E-state index contributed by atoms with van der Waals surface area (Å²) in [6.07, 6.45) is 1.72. The number of halogens is 1. The summed E-state index contributed by atoms with van der Waals surface area (Å²) in [6, 6.07) is 9.70. The van der Waals surface area contributed by atoms with Crippen LogP contribution < -0.4 is 0 Å². The van der Waals surface area contributed by atoms with Crippen molar-refractivity contribution >= 4 is 27.4 Å². The molecule has 1 atom stereocenters. The molecule has 17 heavy (non-hydrogen) atoms. The first-order valence-corrected chi connectivity index (χ1v) is 5.93. The zero-order chi connectivity index (χ0) is 12.6. The second-order valence-corrected chi connectivity index (χ2v) is 5.10. The number of rotatable bonds is 2. The van der Waals surface area contributed by atoms with Crippen LogP contribution in [0.2, 0.25) is 0 Å². The fourth-order valence-corrected chi connectivity index (χ4v) is 2.06. The minimum absolute atomic E-state index is 0.182. The van der Waals surface area contributed by atoms with Gasteiger partial charge >= 0.3 is 0 Å². The Morgan fingerprint density at radius 2 is 1.94 bits per heavy atom. The van der Waals surface area contributed by atoms with Crippen LogP contribution >= 0.6 is 15.9 Å². The Kier molecular flexibility index (Phi) is 2.80. The second kappa shape index (κ2) is 4.01. The van der Waals surface area contributed by atoms with Gasteiger partial charge in [0.1, 0.15) is 0 Å². The minimum atomic E-state index is -1.04. The van der Waals surface area contributed by atoms with Crippen LogP contribution in [0, 0.1) is 16.7 Å². The molecule has 2 rings (SSSR count). The molecule has 0 heterocycles. The highest BCUT2D eigenvalue weighted by molar-refractivity contribution is 9.10. The van der Waals surface area contributed by atoms with Crippen LogP contribution in [0.4, 0.5) is 0 Å². The lowest BCUT2D eigenvalue weighted by Crippen LogP contribution is -2.31. The third-order valence-electron chi connectivity index (χ3n) is 2.78. The van der Waals surface area contributed by atoms with Gasteiger partial charge < -0.3 is 4.90 Å². The number of nitriles is 1. The van der Waals surface area contributed by atoms with Gasteiger partial charge in [-0.3, -0.25) is 4.79 Å². The van der Waals surface area contributed by atoms with Gasteiger partial charge in [-0.1, -0.05) is 28.1 Å². The molecule has 1 aliphatic rings. The number of hydrogen-bond donors (Lipinski definition) is 0. The van der Waals surface area contributed by atoms with Crippen LogP contribution in [-0.2, 0) is 4.79 Å². The van der Waals surface area contributed by atoms with Crippen LogP contribution in [0.15, 0.2) is 34.8 Å². The van der Waals surface area contributed by atoms with Crippen molar-refractivity contribution in [1.82, 2.24) is 4.90 Å². The number of benzene rings is 1. The Balaban J connectivity index is 2.28. The van der Waals surface area contributed by atoms with E-state index in [9.17, 15) is 10.1 Å². The van der Waals surface area contributed by atoms with Gasteiger partial charge in [0.2, 0.25) is 0 Å². The van der Waals surface area contributed by atoms with E-state index in [-0.39, 0.29) is 5.91 Å². The van der Waals surface area contributed by atoms with E-state index in [1.54, 1.807) is 20.2 Å². The lowest BCUT2D eigenvalue weighted by atomic mass is 9.96. The second-order valence-electron chi connectivity index (χ2n) is 4.18. The molecule has 1 amide bonds. The number of carbonyl (C=O) groups is 1. The van der Waals surface area contributed by atoms with Crippen molar-refractivity contribution in [2.24, 2.45) is 5.41 Å². The van der Waals surface area contributed by atoms with Gasteiger partial charge in [-0.2, -0.15) is 5.26 Å². The molecule has 0 radical (unpaired) electrons. The number of hydrogen-bond acceptors (Lipinski definition) is 2. The Hall–Kier alpha value is -1.60. The molecule has 86 valence electrons. The molecule has 1 aromatic carbocycles. The molecular formula is C13H11BrN2O. The summed E-state index contributed by atoms with van der Waals surface area (Å²) >= 11 is 3.35. The summed E-state index contributed by atoms with van der Waals surface area (Å²) < 4.78 is 0.976. The molecule has 0 fully saturated rings. The van der Waals surface area contributed by atoms with E-state index in [0.29, 0.717) is 0 Å². The molecule has 1 aliphatic carbocycles. The standard InChI is InChI=1S/C13H11BrN2O/c1-16(2)12(17)13(8-15)7-11(13)9-3-5-10(14)6-4-9/h3-7H,1-2H3/t13-/m0/s1. The van der Waals surface area contributed by atoms with Crippen molar-refractivity contribution in [3.05, 3.63) is 40.4 Å². The molecular weight excluding hydrogens is 280 g/mol. The van der Waals surface area contributed by atoms with Gasteiger partial charge in [-0.15, -0.1) is 0 Å². The number of amides is 1. The Morgan fingerprint density at radius 1 is 1.35 bits per heavy atom. The van der Waals surface area contributed by atoms with Gasteiger partial charge in [0.15, 0.2) is 5.41 Å². The number of nitrogens with zero attached hydrogens (tertiary/aromatic N) is 2. The first-order chi connectivity index (χ1) is 8.01. The Bertz CT molecular complexity index is 540. The van der Waals surface area contributed by atoms with Gasteiger partial charge in [0, 0.05) is 18.6 Å². The topological polar surface area (TPSA) is 44.1 Å². The number of carbonyl (C=O) groups excluding carboxylic acids is 1. The average molecular weight is 291 g/mol. The summed E-state index contributed by atoms with van der Waals surface area (Å²) in [5.74, 6) is -0.182. The van der Waals surface area contributed by atoms with Crippen molar-refractivity contribution in [1.29, 1.82) is 5.26 Å². The van der Waals surface area contributed by atoms with Crippen LogP contribution in [0.5, 0.6) is 0 Å². The lowest BCUT2D eigenvalue weighted by Gasteiger charge is -2.15. The summed E-state index contributed by atoms with van der Waals surface area (Å²) in [5, 5.41) is 9.20. The van der Waals surface area contributed by atoms with Crippen molar-refractivity contribution in [2.75, 3.05) is 14.1 Å². The fraction of sp³-hybridized carbons (Fsp3) is 0.231. The highest BCUT2D eigenvalue weighted by atomic mass is 79.9. The van der Waals surface area contributed by atoms with Gasteiger partial charge in [0.05, 0.1) is 6.07 Å².